The molecule has 0 spiro atoms. The van der Waals surface area contributed by atoms with E-state index in [1.54, 1.807) is 12.1 Å². The van der Waals surface area contributed by atoms with E-state index >= 15 is 0 Å². The number of para-hydroxylation sites is 1. The summed E-state index contributed by atoms with van der Waals surface area (Å²) in [5.41, 5.74) is 0.697. The minimum absolute atomic E-state index is 0.183. The van der Waals surface area contributed by atoms with Crippen molar-refractivity contribution in [3.8, 4) is 0 Å². The lowest BCUT2D eigenvalue weighted by Gasteiger charge is -2.12. The fraction of sp³-hybridized carbons (Fsp3) is 0.600. The molecule has 0 aliphatic heterocycles. The van der Waals surface area contributed by atoms with Crippen LogP contribution in [-0.4, -0.2) is 32.4 Å². The summed E-state index contributed by atoms with van der Waals surface area (Å²) in [6.45, 7) is 2.87. The number of rotatable bonds is 10. The predicted octanol–water partition coefficient (Wildman–Crippen LogP) is 2.83. The van der Waals surface area contributed by atoms with Gasteiger partial charge in [0.25, 0.3) is 0 Å². The summed E-state index contributed by atoms with van der Waals surface area (Å²) in [6.07, 6.45) is 4.48. The Balaban J connectivity index is 2.58. The molecule has 0 aromatic heterocycles. The maximum absolute atomic E-state index is 12.2. The Hall–Kier alpha value is -1.07. The van der Waals surface area contributed by atoms with Crippen molar-refractivity contribution in [3.63, 3.8) is 0 Å². The maximum atomic E-state index is 12.2. The molecule has 0 saturated carbocycles. The van der Waals surface area contributed by atoms with Crippen LogP contribution in [0, 0.1) is 0 Å². The smallest absolute Gasteiger partial charge is 0.180 e. The molecule has 0 aliphatic carbocycles. The highest BCUT2D eigenvalue weighted by molar-refractivity contribution is 7.91. The van der Waals surface area contributed by atoms with Crippen LogP contribution in [0.3, 0.4) is 0 Å². The zero-order chi connectivity index (χ0) is 14.8. The van der Waals surface area contributed by atoms with E-state index in [-0.39, 0.29) is 12.4 Å². The minimum Gasteiger partial charge on any atom is -0.396 e. The molecule has 0 saturated heterocycles. The monoisotopic (exact) mass is 299 g/mol. The normalized spacial score (nSPS) is 11.5. The van der Waals surface area contributed by atoms with Crippen molar-refractivity contribution in [2.75, 3.05) is 24.2 Å². The third kappa shape index (κ3) is 5.51. The molecular weight excluding hydrogens is 274 g/mol. The van der Waals surface area contributed by atoms with Gasteiger partial charge in [-0.3, -0.25) is 0 Å². The van der Waals surface area contributed by atoms with Crippen LogP contribution in [0.4, 0.5) is 5.69 Å². The van der Waals surface area contributed by atoms with Crippen molar-refractivity contribution in [1.82, 2.24) is 0 Å². The summed E-state index contributed by atoms with van der Waals surface area (Å²) in [4.78, 5) is 0.400. The van der Waals surface area contributed by atoms with Crippen molar-refractivity contribution >= 4 is 15.5 Å². The molecule has 20 heavy (non-hydrogen) atoms. The summed E-state index contributed by atoms with van der Waals surface area (Å²) >= 11 is 0. The van der Waals surface area contributed by atoms with Gasteiger partial charge in [0, 0.05) is 13.2 Å². The number of aliphatic hydroxyl groups is 1. The largest absolute Gasteiger partial charge is 0.396 e. The SMILES string of the molecule is CCCS(=O)(=O)c1ccccc1NCCCCCCO. The van der Waals surface area contributed by atoms with E-state index in [1.807, 2.05) is 19.1 Å². The highest BCUT2D eigenvalue weighted by Gasteiger charge is 2.16. The van der Waals surface area contributed by atoms with Crippen LogP contribution in [0.5, 0.6) is 0 Å². The highest BCUT2D eigenvalue weighted by atomic mass is 32.2. The van der Waals surface area contributed by atoms with Gasteiger partial charge in [-0.05, 0) is 31.4 Å². The summed E-state index contributed by atoms with van der Waals surface area (Å²) in [5, 5.41) is 11.9. The van der Waals surface area contributed by atoms with Crippen LogP contribution in [0.2, 0.25) is 0 Å². The average Bonchev–Trinajstić information content (AvgIpc) is 2.43. The van der Waals surface area contributed by atoms with E-state index in [4.69, 9.17) is 5.11 Å². The van der Waals surface area contributed by atoms with E-state index in [1.165, 1.54) is 0 Å². The first-order chi connectivity index (χ1) is 9.61. The third-order valence-electron chi connectivity index (χ3n) is 3.10. The number of aliphatic hydroxyl groups excluding tert-OH is 1. The molecule has 1 aromatic carbocycles. The first-order valence-electron chi connectivity index (χ1n) is 7.28. The quantitative estimate of drug-likeness (QED) is 0.652. The molecule has 2 N–H and O–H groups in total. The van der Waals surface area contributed by atoms with Crippen LogP contribution >= 0.6 is 0 Å². The van der Waals surface area contributed by atoms with Gasteiger partial charge in [0.1, 0.15) is 0 Å². The van der Waals surface area contributed by atoms with Gasteiger partial charge in [-0.2, -0.15) is 0 Å². The summed E-state index contributed by atoms with van der Waals surface area (Å²) in [6, 6.07) is 7.09. The second-order valence-corrected chi connectivity index (χ2v) is 6.96. The Morgan fingerprint density at radius 2 is 1.80 bits per heavy atom. The minimum atomic E-state index is -3.19. The Bertz CT molecular complexity index is 486. The van der Waals surface area contributed by atoms with Gasteiger partial charge in [0.2, 0.25) is 0 Å². The van der Waals surface area contributed by atoms with Crippen LogP contribution in [0.1, 0.15) is 39.0 Å². The Labute approximate surface area is 122 Å². The number of anilines is 1. The first-order valence-corrected chi connectivity index (χ1v) is 8.93. The van der Waals surface area contributed by atoms with Gasteiger partial charge >= 0.3 is 0 Å². The number of benzene rings is 1. The molecule has 0 heterocycles. The zero-order valence-electron chi connectivity index (χ0n) is 12.1. The Kier molecular flexibility index (Phi) is 7.62. The summed E-state index contributed by atoms with van der Waals surface area (Å²) in [7, 11) is -3.19. The van der Waals surface area contributed by atoms with E-state index in [9.17, 15) is 8.42 Å². The maximum Gasteiger partial charge on any atom is 0.180 e. The van der Waals surface area contributed by atoms with Crippen molar-refractivity contribution in [2.24, 2.45) is 0 Å². The second-order valence-electron chi connectivity index (χ2n) is 4.88. The Morgan fingerprint density at radius 3 is 2.50 bits per heavy atom. The van der Waals surface area contributed by atoms with Gasteiger partial charge in [-0.15, -0.1) is 0 Å². The van der Waals surface area contributed by atoms with Crippen LogP contribution < -0.4 is 5.32 Å². The standard InChI is InChI=1S/C15H25NO3S/c1-2-13-20(18,19)15-10-6-5-9-14(15)16-11-7-3-4-8-12-17/h5-6,9-10,16-17H,2-4,7-8,11-13H2,1H3. The Morgan fingerprint density at radius 1 is 1.10 bits per heavy atom. The van der Waals surface area contributed by atoms with Crippen molar-refractivity contribution in [3.05, 3.63) is 24.3 Å². The number of unbranched alkanes of at least 4 members (excludes halogenated alkanes) is 3. The molecule has 0 fully saturated rings. The molecule has 0 radical (unpaired) electrons. The van der Waals surface area contributed by atoms with E-state index in [0.717, 1.165) is 32.2 Å². The van der Waals surface area contributed by atoms with Gasteiger partial charge < -0.3 is 10.4 Å². The number of nitrogens with one attached hydrogen (secondary N) is 1. The summed E-state index contributed by atoms with van der Waals surface area (Å²) in [5.74, 6) is 0.183. The first kappa shape index (κ1) is 17.0. The van der Waals surface area contributed by atoms with Crippen molar-refractivity contribution in [1.29, 1.82) is 0 Å². The van der Waals surface area contributed by atoms with Crippen molar-refractivity contribution in [2.45, 2.75) is 43.9 Å². The topological polar surface area (TPSA) is 66.4 Å². The number of sulfone groups is 1. The number of hydrogen-bond acceptors (Lipinski definition) is 4. The van der Waals surface area contributed by atoms with Crippen molar-refractivity contribution < 1.29 is 13.5 Å². The highest BCUT2D eigenvalue weighted by Crippen LogP contribution is 2.22. The molecule has 1 aromatic rings. The second kappa shape index (κ2) is 8.97. The molecular formula is C15H25NO3S. The van der Waals surface area contributed by atoms with E-state index in [2.05, 4.69) is 5.32 Å². The molecule has 0 aliphatic rings. The lowest BCUT2D eigenvalue weighted by atomic mass is 10.2. The average molecular weight is 299 g/mol. The van der Waals surface area contributed by atoms with E-state index in [0.29, 0.717) is 17.0 Å². The molecule has 5 heteroatoms. The van der Waals surface area contributed by atoms with Gasteiger partial charge in [-0.25, -0.2) is 8.42 Å². The molecule has 0 amide bonds. The molecule has 0 bridgehead atoms. The van der Waals surface area contributed by atoms with Crippen LogP contribution in [-0.2, 0) is 9.84 Å². The predicted molar refractivity (Wildman–Crippen MR) is 82.8 cm³/mol. The van der Waals surface area contributed by atoms with E-state index < -0.39 is 9.84 Å². The third-order valence-corrected chi connectivity index (χ3v) is 5.07. The fourth-order valence-electron chi connectivity index (χ4n) is 2.08. The van der Waals surface area contributed by atoms with Crippen LogP contribution in [0.25, 0.3) is 0 Å². The molecule has 4 nitrogen and oxygen atoms in total. The van der Waals surface area contributed by atoms with Gasteiger partial charge in [0.15, 0.2) is 9.84 Å². The zero-order valence-corrected chi connectivity index (χ0v) is 13.0. The van der Waals surface area contributed by atoms with Gasteiger partial charge in [0.05, 0.1) is 16.3 Å². The lowest BCUT2D eigenvalue weighted by molar-refractivity contribution is 0.283. The van der Waals surface area contributed by atoms with Gasteiger partial charge in [-0.1, -0.05) is 31.9 Å². The lowest BCUT2D eigenvalue weighted by Crippen LogP contribution is -2.11. The fourth-order valence-corrected chi connectivity index (χ4v) is 3.59. The number of hydrogen-bond donors (Lipinski definition) is 2. The molecule has 0 unspecified atom stereocenters. The molecule has 114 valence electrons. The summed E-state index contributed by atoms with van der Waals surface area (Å²) < 4.78 is 24.3. The molecule has 0 atom stereocenters. The van der Waals surface area contributed by atoms with Crippen LogP contribution in [0.15, 0.2) is 29.2 Å². The molecule has 1 rings (SSSR count).